The number of nitriles is 1. The van der Waals surface area contributed by atoms with Gasteiger partial charge in [-0.05, 0) is 78.0 Å². The topological polar surface area (TPSA) is 219 Å². The van der Waals surface area contributed by atoms with Crippen LogP contribution in [0.25, 0.3) is 22.3 Å². The number of likely N-dealkylation sites (tertiary alicyclic amines) is 2. The summed E-state index contributed by atoms with van der Waals surface area (Å²) in [6.45, 7) is 15.1. The number of nitrogens with zero attached hydrogens (tertiary/aromatic N) is 5. The number of halogens is 2. The third-order valence-electron chi connectivity index (χ3n) is 10.2. The highest BCUT2D eigenvalue weighted by Crippen LogP contribution is 2.39. The van der Waals surface area contributed by atoms with Crippen molar-refractivity contribution in [3.05, 3.63) is 83.7 Å². The molecule has 0 saturated carbocycles. The first kappa shape index (κ1) is 49.2. The van der Waals surface area contributed by atoms with Gasteiger partial charge in [0.05, 0.1) is 19.9 Å². The number of sulfonamides is 2. The molecule has 2 aromatic carbocycles. The summed E-state index contributed by atoms with van der Waals surface area (Å²) in [7, 11) is -4.10. The van der Waals surface area contributed by atoms with E-state index in [2.05, 4.69) is 20.0 Å². The van der Waals surface area contributed by atoms with E-state index in [1.807, 2.05) is 51.3 Å². The number of primary sulfonamides is 1. The van der Waals surface area contributed by atoms with Gasteiger partial charge in [-0.2, -0.15) is 0 Å². The molecule has 2 saturated heterocycles. The van der Waals surface area contributed by atoms with Crippen molar-refractivity contribution >= 4 is 31.8 Å². The van der Waals surface area contributed by atoms with Gasteiger partial charge in [-0.15, -0.1) is 5.26 Å². The van der Waals surface area contributed by atoms with Crippen LogP contribution in [0.1, 0.15) is 64.5 Å². The Kier molecular flexibility index (Phi) is 17.1. The number of rotatable bonds is 13. The second-order valence-corrected chi connectivity index (χ2v) is 18.9. The molecule has 0 unspecified atom stereocenters. The Balaban J connectivity index is 0.000000233. The number of nitrogens with two attached hydrogens (primary N) is 1. The normalized spacial score (nSPS) is 14.6. The number of benzene rings is 2. The van der Waals surface area contributed by atoms with Gasteiger partial charge < -0.3 is 29.3 Å². The van der Waals surface area contributed by atoms with Gasteiger partial charge in [-0.3, -0.25) is 0 Å². The second kappa shape index (κ2) is 21.6. The Labute approximate surface area is 362 Å². The van der Waals surface area contributed by atoms with Gasteiger partial charge in [-0.1, -0.05) is 41.5 Å². The minimum Gasteiger partial charge on any atom is -0.481 e. The zero-order valence-corrected chi connectivity index (χ0v) is 37.6. The number of ether oxygens (including phenoxy) is 3. The summed E-state index contributed by atoms with van der Waals surface area (Å²) in [4.78, 5) is 24.7. The van der Waals surface area contributed by atoms with Crippen LogP contribution in [-0.4, -0.2) is 107 Å². The van der Waals surface area contributed by atoms with Gasteiger partial charge in [0.2, 0.25) is 31.8 Å². The van der Waals surface area contributed by atoms with Gasteiger partial charge in [0, 0.05) is 67.4 Å². The number of carbonyl (C=O) groups is 1. The van der Waals surface area contributed by atoms with Crippen molar-refractivity contribution in [2.24, 2.45) is 5.14 Å². The Bertz CT molecular complexity index is 2460. The number of urea groups is 1. The van der Waals surface area contributed by atoms with Crippen LogP contribution < -0.4 is 29.4 Å². The molecular weight excluding hydrogens is 847 g/mol. The maximum Gasteiger partial charge on any atom is 0.332 e. The van der Waals surface area contributed by atoms with E-state index >= 15 is 0 Å². The largest absolute Gasteiger partial charge is 0.481 e. The molecule has 0 atom stereocenters. The Morgan fingerprint density at radius 3 is 1.73 bits per heavy atom. The number of hydrogen-bond acceptors (Lipinski definition) is 13. The van der Waals surface area contributed by atoms with E-state index < -0.39 is 37.1 Å². The summed E-state index contributed by atoms with van der Waals surface area (Å²) in [6, 6.07) is 11.1. The number of pyridine rings is 2. The van der Waals surface area contributed by atoms with Crippen molar-refractivity contribution in [1.29, 1.82) is 5.26 Å². The van der Waals surface area contributed by atoms with Crippen LogP contribution in [0.5, 0.6) is 17.5 Å². The molecular formula is C42H54F2N8O8S2. The SMILES string of the molecule is CCN1CC(S(=O)(=O)NC(=O)Nc2c(-c3ccnc(OC)c3)cc(F)cc2C(C)C)C1.CCN1CC(S(N)(=O)=O)C1.COc1cc(-c2cc(F)cc(C(C)C)c2OC#N)ccn1. The number of methoxy groups -OCH3 is 2. The number of hydrogen-bond donors (Lipinski definition) is 3. The third-order valence-corrected chi connectivity index (χ3v) is 13.1. The fourth-order valence-corrected chi connectivity index (χ4v) is 8.69. The van der Waals surface area contributed by atoms with E-state index in [1.54, 1.807) is 36.7 Å². The van der Waals surface area contributed by atoms with Crippen LogP contribution in [0.3, 0.4) is 0 Å². The lowest BCUT2D eigenvalue weighted by molar-refractivity contribution is 0.194. The first-order valence-electron chi connectivity index (χ1n) is 19.8. The van der Waals surface area contributed by atoms with Gasteiger partial charge in [-0.25, -0.2) is 50.2 Å². The zero-order valence-electron chi connectivity index (χ0n) is 36.0. The minimum atomic E-state index is -3.82. The van der Waals surface area contributed by atoms with Crippen molar-refractivity contribution in [3.8, 4) is 46.0 Å². The minimum absolute atomic E-state index is 0.0199. The van der Waals surface area contributed by atoms with Crippen LogP contribution in [-0.2, 0) is 20.0 Å². The quantitative estimate of drug-likeness (QED) is 0.131. The zero-order chi connectivity index (χ0) is 45.9. The highest BCUT2D eigenvalue weighted by atomic mass is 32.2. The van der Waals surface area contributed by atoms with Gasteiger partial charge in [0.25, 0.3) is 6.26 Å². The summed E-state index contributed by atoms with van der Waals surface area (Å²) in [5, 5.41) is 15.5. The maximum absolute atomic E-state index is 14.4. The molecule has 0 radical (unpaired) electrons. The van der Waals surface area contributed by atoms with E-state index in [0.29, 0.717) is 82.8 Å². The average Bonchev–Trinajstić information content (AvgIpc) is 3.17. The fourth-order valence-electron chi connectivity index (χ4n) is 6.56. The smallest absolute Gasteiger partial charge is 0.332 e. The average molecular weight is 901 g/mol. The first-order chi connectivity index (χ1) is 29.2. The third kappa shape index (κ3) is 12.8. The molecule has 4 aromatic rings. The molecule has 6 rings (SSSR count). The number of aromatic nitrogens is 2. The van der Waals surface area contributed by atoms with Crippen LogP contribution in [0.15, 0.2) is 60.9 Å². The number of nitrogens with one attached hydrogen (secondary N) is 2. The predicted molar refractivity (Wildman–Crippen MR) is 233 cm³/mol. The van der Waals surface area contributed by atoms with E-state index in [-0.39, 0.29) is 22.9 Å². The lowest BCUT2D eigenvalue weighted by Crippen LogP contribution is -2.58. The van der Waals surface area contributed by atoms with Crippen molar-refractivity contribution in [2.45, 2.75) is 63.9 Å². The second-order valence-electron chi connectivity index (χ2n) is 15.1. The fraction of sp³-hybridized carbons (Fsp3) is 0.429. The molecule has 0 aliphatic carbocycles. The van der Waals surface area contributed by atoms with E-state index in [1.165, 1.54) is 44.7 Å². The first-order valence-corrected chi connectivity index (χ1v) is 22.9. The Morgan fingerprint density at radius 1 is 0.806 bits per heavy atom. The summed E-state index contributed by atoms with van der Waals surface area (Å²) in [5.41, 5.74) is 3.67. The van der Waals surface area contributed by atoms with Crippen molar-refractivity contribution in [3.63, 3.8) is 0 Å². The van der Waals surface area contributed by atoms with Crippen molar-refractivity contribution < 1.29 is 44.6 Å². The highest BCUT2D eigenvalue weighted by molar-refractivity contribution is 7.90. The van der Waals surface area contributed by atoms with Crippen LogP contribution in [0.2, 0.25) is 0 Å². The number of anilines is 1. The maximum atomic E-state index is 14.4. The molecule has 4 heterocycles. The Hall–Kier alpha value is -5.46. The van der Waals surface area contributed by atoms with Crippen LogP contribution >= 0.6 is 0 Å². The highest BCUT2D eigenvalue weighted by Gasteiger charge is 2.37. The van der Waals surface area contributed by atoms with E-state index in [4.69, 9.17) is 24.6 Å². The van der Waals surface area contributed by atoms with E-state index in [0.717, 1.165) is 13.1 Å². The molecule has 62 heavy (non-hydrogen) atoms. The van der Waals surface area contributed by atoms with Crippen LogP contribution in [0, 0.1) is 23.2 Å². The molecule has 2 fully saturated rings. The van der Waals surface area contributed by atoms with Crippen molar-refractivity contribution in [1.82, 2.24) is 24.5 Å². The van der Waals surface area contributed by atoms with E-state index in [9.17, 15) is 30.4 Å². The number of carbonyl (C=O) groups excluding carboxylic acids is 1. The van der Waals surface area contributed by atoms with Gasteiger partial charge in [0.15, 0.2) is 5.75 Å². The molecule has 4 N–H and O–H groups in total. The lowest BCUT2D eigenvalue weighted by atomic mass is 9.94. The monoisotopic (exact) mass is 900 g/mol. The molecule has 2 amide bonds. The lowest BCUT2D eigenvalue weighted by Gasteiger charge is -2.37. The molecule has 16 nitrogen and oxygen atoms in total. The Morgan fingerprint density at radius 2 is 1.27 bits per heavy atom. The summed E-state index contributed by atoms with van der Waals surface area (Å²) < 4.78 is 92.0. The summed E-state index contributed by atoms with van der Waals surface area (Å²) >= 11 is 0. The van der Waals surface area contributed by atoms with Gasteiger partial charge >= 0.3 is 6.03 Å². The molecule has 336 valence electrons. The summed E-state index contributed by atoms with van der Waals surface area (Å²) in [6.07, 6.45) is 4.74. The van der Waals surface area contributed by atoms with Crippen molar-refractivity contribution in [2.75, 3.05) is 58.8 Å². The number of amides is 2. The summed E-state index contributed by atoms with van der Waals surface area (Å²) in [5.74, 6) is 0.141. The van der Waals surface area contributed by atoms with Crippen LogP contribution in [0.4, 0.5) is 19.3 Å². The molecule has 20 heteroatoms. The standard InChI is InChI=1S/C21H27FN4O4S.C16H15FN2O2.C5H12N2O2S/c1-5-26-11-16(12-26)31(28,29)25-21(27)24-20-17(13(2)3)9-15(22)10-18(20)14-6-7-23-19(8-14)30-4;1-10(2)13-7-12(17)8-14(16(13)21-9-18)11-4-5-19-15(6-11)20-3;1-2-7-3-5(4-7)10(6,8)9/h6-10,13,16H,5,11-12H2,1-4H3,(H2,24,25,27);4-8,10H,1-3H3;5H,2-4H2,1H3,(H2,6,8,9). The molecule has 0 bridgehead atoms. The molecule has 2 aliphatic heterocycles. The molecule has 2 aliphatic rings. The predicted octanol–water partition coefficient (Wildman–Crippen LogP) is 6.03. The molecule has 2 aromatic heterocycles. The van der Waals surface area contributed by atoms with Gasteiger partial charge in [0.1, 0.15) is 22.1 Å². The molecule has 0 spiro atoms.